The molecule has 1 aliphatic carbocycles. The van der Waals surface area contributed by atoms with Gasteiger partial charge in [-0.2, -0.15) is 0 Å². The van der Waals surface area contributed by atoms with Gasteiger partial charge in [-0.3, -0.25) is 0 Å². The normalized spacial score (nSPS) is 23.5. The fraction of sp³-hybridized carbons (Fsp3) is 1.00. The van der Waals surface area contributed by atoms with Crippen LogP contribution in [0.1, 0.15) is 44.9 Å². The minimum atomic E-state index is 0.357. The van der Waals surface area contributed by atoms with Crippen LogP contribution in [0.5, 0.6) is 0 Å². The lowest BCUT2D eigenvalue weighted by Gasteiger charge is -2.25. The highest BCUT2D eigenvalue weighted by Crippen LogP contribution is 2.29. The number of rotatable bonds is 3. The third kappa shape index (κ3) is 3.99. The van der Waals surface area contributed by atoms with Crippen molar-refractivity contribution in [3.8, 4) is 0 Å². The molecular formula is C11H21BrO. The minimum absolute atomic E-state index is 0.357. The average Bonchev–Trinajstić information content (AvgIpc) is 2.09. The molecule has 1 unspecified atom stereocenters. The summed E-state index contributed by atoms with van der Waals surface area (Å²) in [5.41, 5.74) is 0. The summed E-state index contributed by atoms with van der Waals surface area (Å²) in [6.45, 7) is 0.357. The zero-order valence-corrected chi connectivity index (χ0v) is 9.93. The van der Waals surface area contributed by atoms with E-state index >= 15 is 0 Å². The number of aliphatic hydroxyl groups excluding tert-OH is 1. The fourth-order valence-corrected chi connectivity index (χ4v) is 3.02. The van der Waals surface area contributed by atoms with E-state index in [1.807, 2.05) is 0 Å². The summed E-state index contributed by atoms with van der Waals surface area (Å²) in [7, 11) is 0. The second-order valence-corrected chi connectivity index (χ2v) is 4.85. The summed E-state index contributed by atoms with van der Waals surface area (Å²) in [5.74, 6) is 1.27. The molecule has 0 spiro atoms. The van der Waals surface area contributed by atoms with Crippen molar-refractivity contribution in [3.05, 3.63) is 0 Å². The van der Waals surface area contributed by atoms with E-state index in [2.05, 4.69) is 15.9 Å². The number of aliphatic hydroxyl groups is 1. The molecule has 0 aliphatic heterocycles. The Labute approximate surface area is 90.0 Å². The van der Waals surface area contributed by atoms with E-state index in [9.17, 15) is 5.11 Å². The van der Waals surface area contributed by atoms with E-state index in [0.717, 1.165) is 11.2 Å². The predicted octanol–water partition coefficient (Wildman–Crippen LogP) is 3.35. The Balaban J connectivity index is 2.35. The van der Waals surface area contributed by atoms with E-state index in [0.29, 0.717) is 12.5 Å². The summed E-state index contributed by atoms with van der Waals surface area (Å²) in [6, 6.07) is 0. The number of hydrogen-bond donors (Lipinski definition) is 1. The number of halogens is 1. The maximum absolute atomic E-state index is 9.21. The first-order valence-electron chi connectivity index (χ1n) is 5.55. The van der Waals surface area contributed by atoms with Gasteiger partial charge in [0.2, 0.25) is 0 Å². The molecule has 1 rings (SSSR count). The summed E-state index contributed by atoms with van der Waals surface area (Å²) in [5, 5.41) is 10.2. The summed E-state index contributed by atoms with van der Waals surface area (Å²) in [4.78, 5) is 0. The largest absolute Gasteiger partial charge is 0.396 e. The van der Waals surface area contributed by atoms with Crippen molar-refractivity contribution in [2.75, 3.05) is 11.9 Å². The van der Waals surface area contributed by atoms with Crippen molar-refractivity contribution < 1.29 is 5.11 Å². The van der Waals surface area contributed by atoms with Gasteiger partial charge in [-0.05, 0) is 11.8 Å². The van der Waals surface area contributed by atoms with Gasteiger partial charge in [0.05, 0.1) is 0 Å². The third-order valence-electron chi connectivity index (χ3n) is 3.25. The molecule has 0 aromatic carbocycles. The number of hydrogen-bond acceptors (Lipinski definition) is 1. The van der Waals surface area contributed by atoms with Crippen LogP contribution in [-0.2, 0) is 0 Å². The predicted molar refractivity (Wildman–Crippen MR) is 60.2 cm³/mol. The zero-order chi connectivity index (χ0) is 9.52. The molecule has 0 aromatic rings. The SMILES string of the molecule is OCC(CBr)C1CCCCCCC1. The lowest BCUT2D eigenvalue weighted by Crippen LogP contribution is -2.21. The molecular weight excluding hydrogens is 228 g/mol. The molecule has 0 aromatic heterocycles. The molecule has 1 N–H and O–H groups in total. The summed E-state index contributed by atoms with van der Waals surface area (Å²) < 4.78 is 0. The van der Waals surface area contributed by atoms with Crippen LogP contribution in [0.3, 0.4) is 0 Å². The highest BCUT2D eigenvalue weighted by atomic mass is 79.9. The maximum Gasteiger partial charge on any atom is 0.0469 e. The van der Waals surface area contributed by atoms with Crippen LogP contribution in [0.4, 0.5) is 0 Å². The molecule has 1 nitrogen and oxygen atoms in total. The minimum Gasteiger partial charge on any atom is -0.396 e. The van der Waals surface area contributed by atoms with Crippen molar-refractivity contribution in [2.45, 2.75) is 44.9 Å². The molecule has 0 radical (unpaired) electrons. The number of alkyl halides is 1. The molecule has 0 saturated heterocycles. The first-order valence-corrected chi connectivity index (χ1v) is 6.67. The lowest BCUT2D eigenvalue weighted by molar-refractivity contribution is 0.172. The molecule has 78 valence electrons. The van der Waals surface area contributed by atoms with Crippen molar-refractivity contribution in [1.29, 1.82) is 0 Å². The standard InChI is InChI=1S/C11H21BrO/c12-8-11(9-13)10-6-4-2-1-3-5-7-10/h10-11,13H,1-9H2. The Bertz CT molecular complexity index is 115. The molecule has 1 fully saturated rings. The van der Waals surface area contributed by atoms with Crippen molar-refractivity contribution in [2.24, 2.45) is 11.8 Å². The van der Waals surface area contributed by atoms with Crippen LogP contribution in [0.15, 0.2) is 0 Å². The van der Waals surface area contributed by atoms with Gasteiger partial charge >= 0.3 is 0 Å². The van der Waals surface area contributed by atoms with Crippen molar-refractivity contribution in [3.63, 3.8) is 0 Å². The average molecular weight is 249 g/mol. The van der Waals surface area contributed by atoms with Gasteiger partial charge in [0.1, 0.15) is 0 Å². The third-order valence-corrected chi connectivity index (χ3v) is 4.08. The Morgan fingerprint density at radius 3 is 2.08 bits per heavy atom. The van der Waals surface area contributed by atoms with Crippen LogP contribution in [0.25, 0.3) is 0 Å². The first-order chi connectivity index (χ1) is 6.38. The zero-order valence-electron chi connectivity index (χ0n) is 8.34. The summed E-state index contributed by atoms with van der Waals surface area (Å²) >= 11 is 3.50. The Morgan fingerprint density at radius 1 is 1.08 bits per heavy atom. The molecule has 0 amide bonds. The van der Waals surface area contributed by atoms with E-state index in [1.165, 1.54) is 44.9 Å². The van der Waals surface area contributed by atoms with Crippen LogP contribution >= 0.6 is 15.9 Å². The van der Waals surface area contributed by atoms with E-state index < -0.39 is 0 Å². The summed E-state index contributed by atoms with van der Waals surface area (Å²) in [6.07, 6.45) is 9.62. The molecule has 1 atom stereocenters. The molecule has 2 heteroatoms. The topological polar surface area (TPSA) is 20.2 Å². The van der Waals surface area contributed by atoms with E-state index in [4.69, 9.17) is 0 Å². The van der Waals surface area contributed by atoms with Gasteiger partial charge in [0.15, 0.2) is 0 Å². The monoisotopic (exact) mass is 248 g/mol. The van der Waals surface area contributed by atoms with Crippen LogP contribution in [-0.4, -0.2) is 17.0 Å². The van der Waals surface area contributed by atoms with Gasteiger partial charge in [-0.1, -0.05) is 60.9 Å². The maximum atomic E-state index is 9.21. The van der Waals surface area contributed by atoms with Crippen LogP contribution in [0, 0.1) is 11.8 Å². The van der Waals surface area contributed by atoms with E-state index in [-0.39, 0.29) is 0 Å². The first kappa shape index (κ1) is 11.5. The van der Waals surface area contributed by atoms with Gasteiger partial charge in [0.25, 0.3) is 0 Å². The fourth-order valence-electron chi connectivity index (χ4n) is 2.28. The molecule has 0 heterocycles. The van der Waals surface area contributed by atoms with E-state index in [1.54, 1.807) is 0 Å². The Kier molecular flexibility index (Phi) is 6.05. The highest BCUT2D eigenvalue weighted by molar-refractivity contribution is 9.09. The smallest absolute Gasteiger partial charge is 0.0469 e. The van der Waals surface area contributed by atoms with Gasteiger partial charge < -0.3 is 5.11 Å². The molecule has 1 saturated carbocycles. The molecule has 13 heavy (non-hydrogen) atoms. The Hall–Kier alpha value is 0.440. The van der Waals surface area contributed by atoms with Crippen LogP contribution < -0.4 is 0 Å². The molecule has 1 aliphatic rings. The quantitative estimate of drug-likeness (QED) is 0.760. The second-order valence-electron chi connectivity index (χ2n) is 4.20. The van der Waals surface area contributed by atoms with Crippen molar-refractivity contribution >= 4 is 15.9 Å². The van der Waals surface area contributed by atoms with Gasteiger partial charge in [0, 0.05) is 11.9 Å². The van der Waals surface area contributed by atoms with Gasteiger partial charge in [-0.15, -0.1) is 0 Å². The van der Waals surface area contributed by atoms with Crippen LogP contribution in [0.2, 0.25) is 0 Å². The highest BCUT2D eigenvalue weighted by Gasteiger charge is 2.20. The lowest BCUT2D eigenvalue weighted by atomic mass is 9.83. The molecule has 0 bridgehead atoms. The Morgan fingerprint density at radius 2 is 1.62 bits per heavy atom. The van der Waals surface area contributed by atoms with Crippen molar-refractivity contribution in [1.82, 2.24) is 0 Å². The van der Waals surface area contributed by atoms with Gasteiger partial charge in [-0.25, -0.2) is 0 Å². The second kappa shape index (κ2) is 6.83.